The molecule has 0 heterocycles. The molecule has 1 amide bonds. The van der Waals surface area contributed by atoms with Gasteiger partial charge >= 0.3 is 0 Å². The number of rotatable bonds is 4. The van der Waals surface area contributed by atoms with E-state index in [2.05, 4.69) is 17.2 Å². The quantitative estimate of drug-likeness (QED) is 0.869. The molecule has 3 nitrogen and oxygen atoms in total. The van der Waals surface area contributed by atoms with E-state index in [1.807, 2.05) is 0 Å². The maximum atomic E-state index is 13.0. The average Bonchev–Trinajstić information content (AvgIpc) is 2.54. The molecule has 0 aliphatic heterocycles. The van der Waals surface area contributed by atoms with E-state index in [9.17, 15) is 13.6 Å². The Hall–Kier alpha value is -2.58. The van der Waals surface area contributed by atoms with Crippen molar-refractivity contribution in [2.45, 2.75) is 0 Å². The third-order valence-corrected chi connectivity index (χ3v) is 3.09. The Labute approximate surface area is 137 Å². The zero-order valence-corrected chi connectivity index (χ0v) is 12.7. The summed E-state index contributed by atoms with van der Waals surface area (Å²) in [5.74, 6) is 3.30. The molecular formula is C17H12ClF2NO2. The summed E-state index contributed by atoms with van der Waals surface area (Å²) >= 11 is 5.91. The van der Waals surface area contributed by atoms with Crippen molar-refractivity contribution in [1.29, 1.82) is 0 Å². The van der Waals surface area contributed by atoms with E-state index in [1.165, 1.54) is 6.07 Å². The SMILES string of the molecule is O=C(NCC#CCOc1ccccc1Cl)c1ccc(F)c(F)c1. The molecule has 2 rings (SSSR count). The zero-order valence-electron chi connectivity index (χ0n) is 11.9. The molecule has 0 radical (unpaired) electrons. The molecule has 1 N–H and O–H groups in total. The van der Waals surface area contributed by atoms with Gasteiger partial charge in [0, 0.05) is 5.56 Å². The van der Waals surface area contributed by atoms with Crippen LogP contribution in [0.5, 0.6) is 5.75 Å². The molecule has 0 aliphatic rings. The highest BCUT2D eigenvalue weighted by Crippen LogP contribution is 2.22. The van der Waals surface area contributed by atoms with Crippen LogP contribution in [0.15, 0.2) is 42.5 Å². The smallest absolute Gasteiger partial charge is 0.252 e. The Morgan fingerprint density at radius 1 is 1.13 bits per heavy atom. The van der Waals surface area contributed by atoms with Crippen molar-refractivity contribution in [1.82, 2.24) is 5.32 Å². The van der Waals surface area contributed by atoms with E-state index in [-0.39, 0.29) is 18.7 Å². The molecule has 0 spiro atoms. The van der Waals surface area contributed by atoms with Crippen LogP contribution in [0.4, 0.5) is 8.78 Å². The normalized spacial score (nSPS) is 9.70. The van der Waals surface area contributed by atoms with Crippen LogP contribution in [0.1, 0.15) is 10.4 Å². The van der Waals surface area contributed by atoms with Crippen molar-refractivity contribution >= 4 is 17.5 Å². The number of amides is 1. The van der Waals surface area contributed by atoms with Crippen LogP contribution in [0.25, 0.3) is 0 Å². The minimum atomic E-state index is -1.07. The molecule has 0 bridgehead atoms. The van der Waals surface area contributed by atoms with Crippen molar-refractivity contribution < 1.29 is 18.3 Å². The topological polar surface area (TPSA) is 38.3 Å². The molecular weight excluding hydrogens is 324 g/mol. The van der Waals surface area contributed by atoms with Gasteiger partial charge in [-0.05, 0) is 30.3 Å². The molecule has 0 fully saturated rings. The zero-order chi connectivity index (χ0) is 16.7. The van der Waals surface area contributed by atoms with Crippen LogP contribution >= 0.6 is 11.6 Å². The summed E-state index contributed by atoms with van der Waals surface area (Å²) < 4.78 is 31.1. The van der Waals surface area contributed by atoms with E-state index < -0.39 is 17.5 Å². The summed E-state index contributed by atoms with van der Waals surface area (Å²) in [6.07, 6.45) is 0. The number of halogens is 3. The lowest BCUT2D eigenvalue weighted by Gasteiger charge is -2.03. The molecule has 6 heteroatoms. The highest BCUT2D eigenvalue weighted by atomic mass is 35.5. The van der Waals surface area contributed by atoms with Crippen molar-refractivity contribution in [3.05, 3.63) is 64.7 Å². The maximum Gasteiger partial charge on any atom is 0.252 e. The average molecular weight is 336 g/mol. The fourth-order valence-electron chi connectivity index (χ4n) is 1.65. The maximum absolute atomic E-state index is 13.0. The lowest BCUT2D eigenvalue weighted by Crippen LogP contribution is -2.23. The number of para-hydroxylation sites is 1. The summed E-state index contributed by atoms with van der Waals surface area (Å²) in [7, 11) is 0. The first-order chi connectivity index (χ1) is 11.1. The summed E-state index contributed by atoms with van der Waals surface area (Å²) in [5.41, 5.74) is 0.0259. The Morgan fingerprint density at radius 3 is 2.65 bits per heavy atom. The first-order valence-corrected chi connectivity index (χ1v) is 7.02. The van der Waals surface area contributed by atoms with Gasteiger partial charge in [-0.25, -0.2) is 8.78 Å². The van der Waals surface area contributed by atoms with Crippen molar-refractivity contribution in [3.8, 4) is 17.6 Å². The van der Waals surface area contributed by atoms with Gasteiger partial charge in [-0.2, -0.15) is 0 Å². The van der Waals surface area contributed by atoms with Crippen molar-refractivity contribution in [3.63, 3.8) is 0 Å². The van der Waals surface area contributed by atoms with E-state index >= 15 is 0 Å². The van der Waals surface area contributed by atoms with E-state index in [0.717, 1.165) is 12.1 Å². The van der Waals surface area contributed by atoms with Crippen LogP contribution in [0.3, 0.4) is 0 Å². The number of benzene rings is 2. The number of ether oxygens (including phenoxy) is 1. The van der Waals surface area contributed by atoms with Crippen LogP contribution in [0.2, 0.25) is 5.02 Å². The molecule has 2 aromatic rings. The van der Waals surface area contributed by atoms with Gasteiger partial charge in [0.15, 0.2) is 11.6 Å². The number of nitrogens with one attached hydrogen (secondary N) is 1. The second-order valence-corrected chi connectivity index (χ2v) is 4.79. The number of carbonyl (C=O) groups is 1. The van der Waals surface area contributed by atoms with Crippen LogP contribution < -0.4 is 10.1 Å². The lowest BCUT2D eigenvalue weighted by molar-refractivity contribution is 0.0958. The van der Waals surface area contributed by atoms with E-state index in [0.29, 0.717) is 10.8 Å². The van der Waals surface area contributed by atoms with Gasteiger partial charge in [0.1, 0.15) is 12.4 Å². The van der Waals surface area contributed by atoms with Gasteiger partial charge in [-0.1, -0.05) is 35.6 Å². The predicted octanol–water partition coefficient (Wildman–Crippen LogP) is 3.43. The van der Waals surface area contributed by atoms with Gasteiger partial charge in [-0.15, -0.1) is 0 Å². The Kier molecular flexibility index (Phi) is 5.95. The van der Waals surface area contributed by atoms with Gasteiger partial charge < -0.3 is 10.1 Å². The minimum Gasteiger partial charge on any atom is -0.479 e. The summed E-state index contributed by atoms with van der Waals surface area (Å²) in [5, 5.41) is 2.96. The fourth-order valence-corrected chi connectivity index (χ4v) is 1.84. The Morgan fingerprint density at radius 2 is 1.91 bits per heavy atom. The van der Waals surface area contributed by atoms with Crippen LogP contribution in [-0.2, 0) is 0 Å². The first-order valence-electron chi connectivity index (χ1n) is 6.64. The number of carbonyl (C=O) groups excluding carboxylic acids is 1. The standard InChI is InChI=1S/C17H12ClF2NO2/c18-13-5-1-2-6-16(13)23-10-4-3-9-21-17(22)12-7-8-14(19)15(20)11-12/h1-2,5-8,11H,9-10H2,(H,21,22). The highest BCUT2D eigenvalue weighted by Gasteiger charge is 2.08. The second kappa shape index (κ2) is 8.16. The molecule has 2 aromatic carbocycles. The van der Waals surface area contributed by atoms with Crippen molar-refractivity contribution in [2.24, 2.45) is 0 Å². The molecule has 0 aliphatic carbocycles. The van der Waals surface area contributed by atoms with Crippen LogP contribution in [-0.4, -0.2) is 19.1 Å². The van der Waals surface area contributed by atoms with Gasteiger partial charge in [0.25, 0.3) is 5.91 Å². The van der Waals surface area contributed by atoms with E-state index in [1.54, 1.807) is 24.3 Å². The largest absolute Gasteiger partial charge is 0.479 e. The summed E-state index contributed by atoms with van der Waals surface area (Å²) in [4.78, 5) is 11.7. The third-order valence-electron chi connectivity index (χ3n) is 2.78. The molecule has 0 aromatic heterocycles. The molecule has 0 saturated carbocycles. The van der Waals surface area contributed by atoms with E-state index in [4.69, 9.17) is 16.3 Å². The lowest BCUT2D eigenvalue weighted by atomic mass is 10.2. The van der Waals surface area contributed by atoms with Gasteiger partial charge in [0.2, 0.25) is 0 Å². The monoisotopic (exact) mass is 335 g/mol. The second-order valence-electron chi connectivity index (χ2n) is 4.38. The predicted molar refractivity (Wildman–Crippen MR) is 83.4 cm³/mol. The molecule has 23 heavy (non-hydrogen) atoms. The molecule has 0 saturated heterocycles. The molecule has 0 unspecified atom stereocenters. The number of hydrogen-bond donors (Lipinski definition) is 1. The van der Waals surface area contributed by atoms with Crippen LogP contribution in [0, 0.1) is 23.5 Å². The summed E-state index contributed by atoms with van der Waals surface area (Å²) in [6.45, 7) is 0.175. The third kappa shape index (κ3) is 4.97. The fraction of sp³-hybridized carbons (Fsp3) is 0.118. The van der Waals surface area contributed by atoms with Gasteiger partial charge in [0.05, 0.1) is 11.6 Å². The highest BCUT2D eigenvalue weighted by molar-refractivity contribution is 6.32. The Bertz CT molecular complexity index is 769. The van der Waals surface area contributed by atoms with Crippen molar-refractivity contribution in [2.75, 3.05) is 13.2 Å². The minimum absolute atomic E-state index is 0.0259. The summed E-state index contributed by atoms with van der Waals surface area (Å²) in [6, 6.07) is 9.92. The molecule has 0 atom stereocenters. The molecule has 118 valence electrons. The first kappa shape index (κ1) is 16.8. The Balaban J connectivity index is 1.78. The number of hydrogen-bond acceptors (Lipinski definition) is 2. The van der Waals surface area contributed by atoms with Gasteiger partial charge in [-0.3, -0.25) is 4.79 Å².